The van der Waals surface area contributed by atoms with Gasteiger partial charge >= 0.3 is 0 Å². The van der Waals surface area contributed by atoms with Gasteiger partial charge in [-0.1, -0.05) is 30.3 Å². The van der Waals surface area contributed by atoms with Crippen LogP contribution in [-0.4, -0.2) is 25.0 Å². The summed E-state index contributed by atoms with van der Waals surface area (Å²) < 4.78 is 5.33. The molecule has 1 aromatic carbocycles. The maximum Gasteiger partial charge on any atom is 0.123 e. The van der Waals surface area contributed by atoms with Crippen molar-refractivity contribution in [1.29, 1.82) is 0 Å². The predicted molar refractivity (Wildman–Crippen MR) is 99.2 cm³/mol. The van der Waals surface area contributed by atoms with Crippen LogP contribution in [0.3, 0.4) is 0 Å². The van der Waals surface area contributed by atoms with Crippen LogP contribution in [0.25, 0.3) is 5.57 Å². The number of nitrogens with zero attached hydrogens (tertiary/aromatic N) is 3. The van der Waals surface area contributed by atoms with Crippen molar-refractivity contribution in [3.05, 3.63) is 78.3 Å². The van der Waals surface area contributed by atoms with Gasteiger partial charge in [0, 0.05) is 42.4 Å². The lowest BCUT2D eigenvalue weighted by Crippen LogP contribution is -2.05. The van der Waals surface area contributed by atoms with Gasteiger partial charge in [0.05, 0.1) is 13.3 Å². The molecule has 2 rings (SSSR count). The van der Waals surface area contributed by atoms with E-state index in [1.807, 2.05) is 54.8 Å². The zero-order chi connectivity index (χ0) is 17.0. The molecule has 122 valence electrons. The number of hydrogen-bond donors (Lipinski definition) is 1. The molecular formula is C19H20N4O. The van der Waals surface area contributed by atoms with Gasteiger partial charge in [0.2, 0.25) is 0 Å². The van der Waals surface area contributed by atoms with E-state index in [-0.39, 0.29) is 0 Å². The molecule has 1 N–H and O–H groups in total. The van der Waals surface area contributed by atoms with Crippen LogP contribution in [-0.2, 0) is 6.54 Å². The number of para-hydroxylation sites is 1. The lowest BCUT2D eigenvalue weighted by atomic mass is 10.1. The second-order valence-electron chi connectivity index (χ2n) is 4.80. The maximum atomic E-state index is 5.33. The molecule has 0 radical (unpaired) electrons. The van der Waals surface area contributed by atoms with Gasteiger partial charge < -0.3 is 10.1 Å². The standard InChI is InChI=1S/C19H20N4O/c1-20-23-15-17(16-8-5-11-21-13-16)9-6-12-22-14-18-7-3-4-10-19(18)24-2/h3-13,15,22H,1,14H2,2H3/b12-6+,17-9+,23-15+. The van der Waals surface area contributed by atoms with E-state index in [9.17, 15) is 0 Å². The van der Waals surface area contributed by atoms with Gasteiger partial charge in [-0.05, 0) is 24.4 Å². The minimum Gasteiger partial charge on any atom is -0.496 e. The molecule has 24 heavy (non-hydrogen) atoms. The van der Waals surface area contributed by atoms with Crippen molar-refractivity contribution in [2.45, 2.75) is 6.54 Å². The average Bonchev–Trinajstić information content (AvgIpc) is 2.65. The van der Waals surface area contributed by atoms with E-state index in [0.29, 0.717) is 6.54 Å². The second-order valence-corrected chi connectivity index (χ2v) is 4.80. The second kappa shape index (κ2) is 9.74. The molecule has 0 unspecified atom stereocenters. The molecular weight excluding hydrogens is 300 g/mol. The highest BCUT2D eigenvalue weighted by atomic mass is 16.5. The summed E-state index contributed by atoms with van der Waals surface area (Å²) in [5.41, 5.74) is 2.95. The smallest absolute Gasteiger partial charge is 0.123 e. The van der Waals surface area contributed by atoms with Crippen molar-refractivity contribution in [3.63, 3.8) is 0 Å². The molecule has 0 aliphatic rings. The number of benzene rings is 1. The topological polar surface area (TPSA) is 58.9 Å². The SMILES string of the molecule is C=N/N=C/C(=C\C=C\NCc1ccccc1OC)c1cccnc1. The summed E-state index contributed by atoms with van der Waals surface area (Å²) in [6.45, 7) is 4.03. The van der Waals surface area contributed by atoms with Gasteiger partial charge in [0.1, 0.15) is 5.75 Å². The molecule has 0 amide bonds. The van der Waals surface area contributed by atoms with Crippen molar-refractivity contribution in [2.24, 2.45) is 10.2 Å². The monoisotopic (exact) mass is 320 g/mol. The van der Waals surface area contributed by atoms with Crippen molar-refractivity contribution < 1.29 is 4.74 Å². The largest absolute Gasteiger partial charge is 0.496 e. The van der Waals surface area contributed by atoms with Crippen molar-refractivity contribution in [2.75, 3.05) is 7.11 Å². The number of aromatic nitrogens is 1. The Morgan fingerprint density at radius 3 is 2.92 bits per heavy atom. The van der Waals surface area contributed by atoms with Gasteiger partial charge in [-0.25, -0.2) is 0 Å². The van der Waals surface area contributed by atoms with Gasteiger partial charge in [-0.2, -0.15) is 10.2 Å². The number of nitrogens with one attached hydrogen (secondary N) is 1. The van der Waals surface area contributed by atoms with Crippen LogP contribution in [0.15, 0.2) is 77.3 Å². The van der Waals surface area contributed by atoms with E-state index < -0.39 is 0 Å². The molecule has 0 aliphatic carbocycles. The van der Waals surface area contributed by atoms with Gasteiger partial charge in [0.25, 0.3) is 0 Å². The zero-order valence-corrected chi connectivity index (χ0v) is 13.6. The van der Waals surface area contributed by atoms with Crippen molar-refractivity contribution in [3.8, 4) is 5.75 Å². The van der Waals surface area contributed by atoms with Gasteiger partial charge in [0.15, 0.2) is 0 Å². The molecule has 1 aromatic heterocycles. The molecule has 0 bridgehead atoms. The van der Waals surface area contributed by atoms with Crippen LogP contribution in [0.4, 0.5) is 0 Å². The first kappa shape index (κ1) is 17.1. The molecule has 0 fully saturated rings. The molecule has 2 aromatic rings. The Balaban J connectivity index is 2.02. The molecule has 0 spiro atoms. The highest BCUT2D eigenvalue weighted by Crippen LogP contribution is 2.16. The summed E-state index contributed by atoms with van der Waals surface area (Å²) in [6.07, 6.45) is 10.9. The zero-order valence-electron chi connectivity index (χ0n) is 13.6. The van der Waals surface area contributed by atoms with Crippen LogP contribution >= 0.6 is 0 Å². The Morgan fingerprint density at radius 2 is 2.17 bits per heavy atom. The fraction of sp³-hybridized carbons (Fsp3) is 0.105. The number of hydrogen-bond acceptors (Lipinski definition) is 5. The third-order valence-electron chi connectivity index (χ3n) is 3.25. The normalized spacial score (nSPS) is 11.8. The highest BCUT2D eigenvalue weighted by Gasteiger charge is 1.99. The molecule has 0 saturated carbocycles. The molecule has 5 heteroatoms. The molecule has 1 heterocycles. The molecule has 0 atom stereocenters. The molecule has 5 nitrogen and oxygen atoms in total. The molecule has 0 aliphatic heterocycles. The Labute approximate surface area is 142 Å². The maximum absolute atomic E-state index is 5.33. The number of pyridine rings is 1. The lowest BCUT2D eigenvalue weighted by molar-refractivity contribution is 0.409. The quantitative estimate of drug-likeness (QED) is 0.460. The molecule has 0 saturated heterocycles. The van der Waals surface area contributed by atoms with Crippen LogP contribution in [0.2, 0.25) is 0 Å². The van der Waals surface area contributed by atoms with Crippen LogP contribution in [0.5, 0.6) is 5.75 Å². The first-order valence-electron chi connectivity index (χ1n) is 7.46. The summed E-state index contributed by atoms with van der Waals surface area (Å²) >= 11 is 0. The average molecular weight is 320 g/mol. The summed E-state index contributed by atoms with van der Waals surface area (Å²) in [6, 6.07) is 11.8. The number of ether oxygens (including phenoxy) is 1. The van der Waals surface area contributed by atoms with E-state index in [1.54, 1.807) is 25.7 Å². The Morgan fingerprint density at radius 1 is 1.29 bits per heavy atom. The van der Waals surface area contributed by atoms with Crippen molar-refractivity contribution in [1.82, 2.24) is 10.3 Å². The lowest BCUT2D eigenvalue weighted by Gasteiger charge is -2.07. The first-order chi connectivity index (χ1) is 11.8. The van der Waals surface area contributed by atoms with Crippen LogP contribution < -0.4 is 10.1 Å². The van der Waals surface area contributed by atoms with Gasteiger partial charge in [-0.15, -0.1) is 0 Å². The predicted octanol–water partition coefficient (Wildman–Crippen LogP) is 3.46. The highest BCUT2D eigenvalue weighted by molar-refractivity contribution is 6.10. The summed E-state index contributed by atoms with van der Waals surface area (Å²) in [5, 5.41) is 10.6. The minimum absolute atomic E-state index is 0.679. The Bertz CT molecular complexity index is 736. The number of rotatable bonds is 8. The van der Waals surface area contributed by atoms with Crippen molar-refractivity contribution >= 4 is 18.5 Å². The number of allylic oxidation sites excluding steroid dienone is 3. The fourth-order valence-electron chi connectivity index (χ4n) is 2.09. The Hall–Kier alpha value is -3.21. The third kappa shape index (κ3) is 5.21. The Kier molecular flexibility index (Phi) is 6.96. The summed E-state index contributed by atoms with van der Waals surface area (Å²) in [4.78, 5) is 4.11. The van der Waals surface area contributed by atoms with E-state index in [0.717, 1.165) is 22.4 Å². The fourth-order valence-corrected chi connectivity index (χ4v) is 2.09. The number of methoxy groups -OCH3 is 1. The van der Waals surface area contributed by atoms with E-state index in [4.69, 9.17) is 4.74 Å². The van der Waals surface area contributed by atoms with E-state index in [2.05, 4.69) is 27.2 Å². The van der Waals surface area contributed by atoms with Gasteiger partial charge in [-0.3, -0.25) is 4.98 Å². The first-order valence-corrected chi connectivity index (χ1v) is 7.46. The summed E-state index contributed by atoms with van der Waals surface area (Å²) in [7, 11) is 1.67. The third-order valence-corrected chi connectivity index (χ3v) is 3.25. The van der Waals surface area contributed by atoms with E-state index in [1.165, 1.54) is 0 Å². The van der Waals surface area contributed by atoms with Crippen LogP contribution in [0, 0.1) is 0 Å². The summed E-state index contributed by atoms with van der Waals surface area (Å²) in [5.74, 6) is 0.870. The van der Waals surface area contributed by atoms with Crippen LogP contribution in [0.1, 0.15) is 11.1 Å². The minimum atomic E-state index is 0.679. The van der Waals surface area contributed by atoms with E-state index >= 15 is 0 Å².